The molecule has 1 amide bonds. The van der Waals surface area contributed by atoms with E-state index in [0.717, 1.165) is 0 Å². The highest BCUT2D eigenvalue weighted by atomic mass is 19.3. The first-order valence-corrected chi connectivity index (χ1v) is 9.08. The van der Waals surface area contributed by atoms with Crippen molar-refractivity contribution in [3.8, 4) is 0 Å². The van der Waals surface area contributed by atoms with Crippen molar-refractivity contribution >= 4 is 11.6 Å². The van der Waals surface area contributed by atoms with Gasteiger partial charge in [-0.05, 0) is 30.2 Å². The highest BCUT2D eigenvalue weighted by Crippen LogP contribution is 2.43. The van der Waals surface area contributed by atoms with Crippen LogP contribution in [0.2, 0.25) is 0 Å². The number of hydrogen-bond acceptors (Lipinski definition) is 3. The van der Waals surface area contributed by atoms with Crippen molar-refractivity contribution in [2.75, 3.05) is 44.3 Å². The van der Waals surface area contributed by atoms with Crippen molar-refractivity contribution < 1.29 is 22.7 Å². The summed E-state index contributed by atoms with van der Waals surface area (Å²) in [5, 5.41) is 0. The Morgan fingerprint density at radius 1 is 1.15 bits per heavy atom. The lowest BCUT2D eigenvalue weighted by atomic mass is 9.80. The van der Waals surface area contributed by atoms with Gasteiger partial charge in [-0.25, -0.2) is 13.2 Å². The van der Waals surface area contributed by atoms with Crippen LogP contribution in [-0.4, -0.2) is 56.1 Å². The molecule has 0 aromatic heterocycles. The van der Waals surface area contributed by atoms with Crippen molar-refractivity contribution in [2.45, 2.75) is 25.2 Å². The van der Waals surface area contributed by atoms with Crippen molar-refractivity contribution in [1.29, 1.82) is 0 Å². The maximum absolute atomic E-state index is 13.2. The molecule has 0 N–H and O–H groups in total. The van der Waals surface area contributed by atoms with Gasteiger partial charge in [0, 0.05) is 56.5 Å². The molecular formula is C19H23F3N2O2. The Bertz CT molecular complexity index is 674. The topological polar surface area (TPSA) is 32.8 Å². The standard InChI is InChI=1S/C19H23F3N2O2/c20-15-1-3-16(4-2-15)24-12-18(9-17(24)25)11-23(5-6-26-13-18)10-14-7-19(21,22)8-14/h1-4,14H,5-13H2/t18-/m0/s1. The van der Waals surface area contributed by atoms with Crippen molar-refractivity contribution in [1.82, 2.24) is 4.90 Å². The average Bonchev–Trinajstić information content (AvgIpc) is 2.74. The zero-order valence-corrected chi connectivity index (χ0v) is 14.6. The van der Waals surface area contributed by atoms with Crippen LogP contribution < -0.4 is 4.90 Å². The zero-order chi connectivity index (χ0) is 18.4. The molecule has 1 spiro atoms. The lowest BCUT2D eigenvalue weighted by Crippen LogP contribution is -2.46. The summed E-state index contributed by atoms with van der Waals surface area (Å²) in [5.41, 5.74) is 0.344. The zero-order valence-electron chi connectivity index (χ0n) is 14.6. The van der Waals surface area contributed by atoms with E-state index in [4.69, 9.17) is 4.74 Å². The van der Waals surface area contributed by atoms with Gasteiger partial charge >= 0.3 is 0 Å². The molecule has 2 heterocycles. The molecule has 0 bridgehead atoms. The summed E-state index contributed by atoms with van der Waals surface area (Å²) in [5.74, 6) is -2.83. The molecule has 1 aromatic rings. The third kappa shape index (κ3) is 3.60. The number of rotatable bonds is 3. The van der Waals surface area contributed by atoms with Gasteiger partial charge in [0.25, 0.3) is 0 Å². The van der Waals surface area contributed by atoms with Crippen LogP contribution in [0.1, 0.15) is 19.3 Å². The maximum atomic E-state index is 13.2. The van der Waals surface area contributed by atoms with Crippen molar-refractivity contribution in [2.24, 2.45) is 11.3 Å². The molecular weight excluding hydrogens is 345 g/mol. The number of ether oxygens (including phenoxy) is 1. The van der Waals surface area contributed by atoms with Crippen LogP contribution in [0.25, 0.3) is 0 Å². The second-order valence-electron chi connectivity index (χ2n) is 8.05. The summed E-state index contributed by atoms with van der Waals surface area (Å²) < 4.78 is 45.1. The number of benzene rings is 1. The first-order chi connectivity index (χ1) is 12.3. The van der Waals surface area contributed by atoms with E-state index in [1.165, 1.54) is 12.1 Å². The number of anilines is 1. The van der Waals surface area contributed by atoms with Gasteiger partial charge in [-0.15, -0.1) is 0 Å². The lowest BCUT2D eigenvalue weighted by Gasteiger charge is -2.39. The minimum atomic E-state index is -2.51. The third-order valence-electron chi connectivity index (χ3n) is 5.67. The molecule has 0 unspecified atom stereocenters. The highest BCUT2D eigenvalue weighted by Gasteiger charge is 2.49. The third-order valence-corrected chi connectivity index (χ3v) is 5.67. The fourth-order valence-electron chi connectivity index (χ4n) is 4.47. The molecule has 4 nitrogen and oxygen atoms in total. The molecule has 26 heavy (non-hydrogen) atoms. The largest absolute Gasteiger partial charge is 0.379 e. The van der Waals surface area contributed by atoms with Gasteiger partial charge in [0.2, 0.25) is 11.8 Å². The molecule has 1 aromatic carbocycles. The number of halogens is 3. The van der Waals surface area contributed by atoms with Crippen LogP contribution in [0, 0.1) is 17.2 Å². The Balaban J connectivity index is 1.45. The van der Waals surface area contributed by atoms with Gasteiger partial charge in [0.1, 0.15) is 5.82 Å². The van der Waals surface area contributed by atoms with Gasteiger partial charge in [-0.3, -0.25) is 4.79 Å². The smallest absolute Gasteiger partial charge is 0.248 e. The molecule has 7 heteroatoms. The molecule has 142 valence electrons. The number of nitrogens with zero attached hydrogens (tertiary/aromatic N) is 2. The van der Waals surface area contributed by atoms with E-state index in [1.54, 1.807) is 17.0 Å². The van der Waals surface area contributed by atoms with E-state index < -0.39 is 5.92 Å². The minimum Gasteiger partial charge on any atom is -0.379 e. The number of alkyl halides is 2. The van der Waals surface area contributed by atoms with Crippen LogP contribution in [0.3, 0.4) is 0 Å². The first kappa shape index (κ1) is 17.8. The van der Waals surface area contributed by atoms with Gasteiger partial charge in [0.05, 0.1) is 13.2 Å². The summed E-state index contributed by atoms with van der Waals surface area (Å²) in [6.07, 6.45) is 0.275. The quantitative estimate of drug-likeness (QED) is 0.823. The molecule has 2 saturated heterocycles. The summed E-state index contributed by atoms with van der Waals surface area (Å²) in [4.78, 5) is 16.4. The fraction of sp³-hybridized carbons (Fsp3) is 0.632. The monoisotopic (exact) mass is 368 g/mol. The second-order valence-corrected chi connectivity index (χ2v) is 8.05. The van der Waals surface area contributed by atoms with Gasteiger partial charge in [0.15, 0.2) is 0 Å². The summed E-state index contributed by atoms with van der Waals surface area (Å²) >= 11 is 0. The predicted molar refractivity (Wildman–Crippen MR) is 90.7 cm³/mol. The highest BCUT2D eigenvalue weighted by molar-refractivity contribution is 5.96. The van der Waals surface area contributed by atoms with Crippen LogP contribution in [0.4, 0.5) is 18.9 Å². The average molecular weight is 368 g/mol. The Morgan fingerprint density at radius 2 is 1.88 bits per heavy atom. The Hall–Kier alpha value is -1.60. The summed E-state index contributed by atoms with van der Waals surface area (Å²) in [6, 6.07) is 5.91. The maximum Gasteiger partial charge on any atom is 0.248 e. The van der Waals surface area contributed by atoms with E-state index in [2.05, 4.69) is 4.90 Å². The molecule has 1 atom stereocenters. The van der Waals surface area contributed by atoms with Crippen LogP contribution >= 0.6 is 0 Å². The van der Waals surface area contributed by atoms with E-state index >= 15 is 0 Å². The fourth-order valence-corrected chi connectivity index (χ4v) is 4.47. The summed E-state index contributed by atoms with van der Waals surface area (Å²) in [7, 11) is 0. The minimum absolute atomic E-state index is 0.00256. The lowest BCUT2D eigenvalue weighted by molar-refractivity contribution is -0.118. The van der Waals surface area contributed by atoms with Crippen molar-refractivity contribution in [3.05, 3.63) is 30.1 Å². The number of carbonyl (C=O) groups is 1. The number of hydrogen-bond donors (Lipinski definition) is 0. The summed E-state index contributed by atoms with van der Waals surface area (Å²) in [6.45, 7) is 3.54. The number of amides is 1. The predicted octanol–water partition coefficient (Wildman–Crippen LogP) is 2.93. The molecule has 1 saturated carbocycles. The van der Waals surface area contributed by atoms with Gasteiger partial charge < -0.3 is 14.5 Å². The van der Waals surface area contributed by atoms with E-state index in [1.807, 2.05) is 0 Å². The molecule has 2 aliphatic heterocycles. The van der Waals surface area contributed by atoms with E-state index in [9.17, 15) is 18.0 Å². The number of carbonyl (C=O) groups excluding carboxylic acids is 1. The normalized spacial score (nSPS) is 29.8. The molecule has 3 aliphatic rings. The van der Waals surface area contributed by atoms with Gasteiger partial charge in [-0.1, -0.05) is 0 Å². The molecule has 1 aliphatic carbocycles. The van der Waals surface area contributed by atoms with Crippen LogP contribution in [-0.2, 0) is 9.53 Å². The van der Waals surface area contributed by atoms with Crippen molar-refractivity contribution in [3.63, 3.8) is 0 Å². The molecule has 0 radical (unpaired) electrons. The Labute approximate surface area is 150 Å². The molecule has 3 fully saturated rings. The Kier molecular flexibility index (Phi) is 4.47. The SMILES string of the molecule is O=C1C[C@@]2(COCCN(CC3CC(F)(F)C3)C2)CN1c1ccc(F)cc1. The van der Waals surface area contributed by atoms with Crippen LogP contribution in [0.5, 0.6) is 0 Å². The van der Waals surface area contributed by atoms with E-state index in [0.29, 0.717) is 51.5 Å². The van der Waals surface area contributed by atoms with Gasteiger partial charge in [-0.2, -0.15) is 0 Å². The van der Waals surface area contributed by atoms with Crippen LogP contribution in [0.15, 0.2) is 24.3 Å². The Morgan fingerprint density at radius 3 is 2.58 bits per heavy atom. The van der Waals surface area contributed by atoms with E-state index in [-0.39, 0.29) is 35.9 Å². The molecule has 4 rings (SSSR count). The second kappa shape index (κ2) is 6.53. The first-order valence-electron chi connectivity index (χ1n) is 9.08.